The van der Waals surface area contributed by atoms with Crippen LogP contribution in [0.3, 0.4) is 0 Å². The Morgan fingerprint density at radius 2 is 1.62 bits per heavy atom. The Kier molecular flexibility index (Phi) is 7.66. The van der Waals surface area contributed by atoms with Crippen molar-refractivity contribution in [3.05, 3.63) is 30.3 Å². The lowest BCUT2D eigenvalue weighted by Crippen LogP contribution is -1.91. The maximum absolute atomic E-state index is 10.4. The molecule has 2 nitrogen and oxygen atoms in total. The molecule has 0 aliphatic carbocycles. The zero-order valence-electron chi connectivity index (χ0n) is 8.16. The summed E-state index contributed by atoms with van der Waals surface area (Å²) in [5, 5.41) is 0.516. The third-order valence-electron chi connectivity index (χ3n) is 1.52. The van der Waals surface area contributed by atoms with Gasteiger partial charge in [0, 0.05) is 5.30 Å². The molecule has 0 saturated heterocycles. The number of unbranched alkanes of at least 4 members (excludes halogenated alkanes) is 1. The van der Waals surface area contributed by atoms with Crippen molar-refractivity contribution in [1.82, 2.24) is 0 Å². The molecule has 0 spiro atoms. The maximum atomic E-state index is 10.4. The molecule has 0 fully saturated rings. The van der Waals surface area contributed by atoms with Gasteiger partial charge in [-0.2, -0.15) is 0 Å². The molecule has 1 N–H and O–H groups in total. The Labute approximate surface area is 80.5 Å². The van der Waals surface area contributed by atoms with E-state index < -0.39 is 8.03 Å². The highest BCUT2D eigenvalue weighted by molar-refractivity contribution is 7.47. The Morgan fingerprint density at radius 3 is 1.85 bits per heavy atom. The molecular formula is C10H17O2P. The highest BCUT2D eigenvalue weighted by atomic mass is 31.1. The van der Waals surface area contributed by atoms with Gasteiger partial charge in [0.05, 0.1) is 0 Å². The molecule has 1 rings (SSSR count). The quantitative estimate of drug-likeness (QED) is 0.745. The van der Waals surface area contributed by atoms with Crippen LogP contribution < -0.4 is 5.30 Å². The van der Waals surface area contributed by atoms with E-state index in [-0.39, 0.29) is 0 Å². The van der Waals surface area contributed by atoms with Crippen LogP contribution in [0.4, 0.5) is 0 Å². The molecular weight excluding hydrogens is 183 g/mol. The number of hydrogen-bond acceptors (Lipinski definition) is 1. The molecule has 1 aromatic rings. The van der Waals surface area contributed by atoms with Gasteiger partial charge in [0.25, 0.3) is 0 Å². The normalized spacial score (nSPS) is 11.3. The molecule has 0 bridgehead atoms. The minimum atomic E-state index is -2.46. The van der Waals surface area contributed by atoms with Gasteiger partial charge in [0.1, 0.15) is 0 Å². The Hall–Kier alpha value is -0.590. The second-order valence-corrected chi connectivity index (χ2v) is 3.86. The largest absolute Gasteiger partial charge is 0.343 e. The summed E-state index contributed by atoms with van der Waals surface area (Å²) in [4.78, 5) is 8.57. The maximum Gasteiger partial charge on any atom is 0.218 e. The molecule has 1 aromatic carbocycles. The summed E-state index contributed by atoms with van der Waals surface area (Å²) < 4.78 is 10.4. The van der Waals surface area contributed by atoms with Crippen LogP contribution in [0, 0.1) is 0 Å². The highest BCUT2D eigenvalue weighted by Gasteiger charge is 1.92. The van der Waals surface area contributed by atoms with Gasteiger partial charge >= 0.3 is 0 Å². The number of rotatable bonds is 2. The number of benzene rings is 1. The lowest BCUT2D eigenvalue weighted by molar-refractivity contribution is 0.513. The van der Waals surface area contributed by atoms with Gasteiger partial charge in [0.15, 0.2) is 0 Å². The average Bonchev–Trinajstić information content (AvgIpc) is 2.19. The van der Waals surface area contributed by atoms with E-state index in [2.05, 4.69) is 13.8 Å². The van der Waals surface area contributed by atoms with E-state index in [0.29, 0.717) is 5.30 Å². The third-order valence-corrected chi connectivity index (χ3v) is 2.35. The molecule has 1 atom stereocenters. The molecule has 3 heteroatoms. The predicted molar refractivity (Wildman–Crippen MR) is 57.9 cm³/mol. The molecule has 0 aliphatic rings. The predicted octanol–water partition coefficient (Wildman–Crippen LogP) is 2.59. The smallest absolute Gasteiger partial charge is 0.218 e. The molecule has 0 heterocycles. The number of hydrogen-bond donors (Lipinski definition) is 1. The summed E-state index contributed by atoms with van der Waals surface area (Å²) >= 11 is 0. The fourth-order valence-electron chi connectivity index (χ4n) is 0.581. The van der Waals surface area contributed by atoms with E-state index in [9.17, 15) is 4.57 Å². The van der Waals surface area contributed by atoms with Crippen molar-refractivity contribution in [2.24, 2.45) is 0 Å². The van der Waals surface area contributed by atoms with Gasteiger partial charge in [-0.25, -0.2) is 0 Å². The van der Waals surface area contributed by atoms with E-state index in [4.69, 9.17) is 4.89 Å². The van der Waals surface area contributed by atoms with Crippen molar-refractivity contribution in [2.45, 2.75) is 26.7 Å². The first-order chi connectivity index (χ1) is 6.22. The van der Waals surface area contributed by atoms with Crippen LogP contribution in [0.5, 0.6) is 0 Å². The Morgan fingerprint density at radius 1 is 1.15 bits per heavy atom. The molecule has 13 heavy (non-hydrogen) atoms. The van der Waals surface area contributed by atoms with E-state index in [1.807, 2.05) is 6.07 Å². The second-order valence-electron chi connectivity index (χ2n) is 2.67. The van der Waals surface area contributed by atoms with Crippen molar-refractivity contribution < 1.29 is 9.46 Å². The lowest BCUT2D eigenvalue weighted by atomic mass is 10.4. The van der Waals surface area contributed by atoms with Crippen molar-refractivity contribution in [3.63, 3.8) is 0 Å². The van der Waals surface area contributed by atoms with Crippen LogP contribution in [0.2, 0.25) is 0 Å². The van der Waals surface area contributed by atoms with Crippen LogP contribution in [0.15, 0.2) is 30.3 Å². The van der Waals surface area contributed by atoms with E-state index in [1.54, 1.807) is 24.3 Å². The van der Waals surface area contributed by atoms with Crippen LogP contribution in [-0.4, -0.2) is 4.89 Å². The van der Waals surface area contributed by atoms with Gasteiger partial charge < -0.3 is 4.89 Å². The zero-order valence-corrected chi connectivity index (χ0v) is 9.16. The van der Waals surface area contributed by atoms with Crippen LogP contribution >= 0.6 is 8.03 Å². The fourth-order valence-corrected chi connectivity index (χ4v) is 1.06. The summed E-state index contributed by atoms with van der Waals surface area (Å²) in [7, 11) is -2.46. The van der Waals surface area contributed by atoms with Crippen LogP contribution in [-0.2, 0) is 4.57 Å². The van der Waals surface area contributed by atoms with Gasteiger partial charge in [-0.1, -0.05) is 44.9 Å². The summed E-state index contributed by atoms with van der Waals surface area (Å²) in [6.07, 6.45) is 2.64. The van der Waals surface area contributed by atoms with Gasteiger partial charge in [-0.15, -0.1) is 0 Å². The van der Waals surface area contributed by atoms with Gasteiger partial charge in [-0.3, -0.25) is 4.57 Å². The summed E-state index contributed by atoms with van der Waals surface area (Å²) in [6.45, 7) is 4.36. The summed E-state index contributed by atoms with van der Waals surface area (Å²) in [5.41, 5.74) is 0. The first kappa shape index (κ1) is 12.4. The van der Waals surface area contributed by atoms with Gasteiger partial charge in [0.2, 0.25) is 8.03 Å². The minimum Gasteiger partial charge on any atom is -0.343 e. The molecule has 74 valence electrons. The zero-order chi connectivity index (χ0) is 10.1. The minimum absolute atomic E-state index is 0.516. The van der Waals surface area contributed by atoms with Crippen molar-refractivity contribution in [2.75, 3.05) is 0 Å². The van der Waals surface area contributed by atoms with E-state index in [1.165, 1.54) is 12.8 Å². The van der Waals surface area contributed by atoms with E-state index in [0.717, 1.165) is 0 Å². The Balaban J connectivity index is 0.000000310. The van der Waals surface area contributed by atoms with Crippen molar-refractivity contribution in [1.29, 1.82) is 0 Å². The molecule has 0 aromatic heterocycles. The Bertz CT molecular complexity index is 232. The monoisotopic (exact) mass is 200 g/mol. The second kappa shape index (κ2) is 8.03. The standard InChI is InChI=1S/C6H7O2P.C4H10/c7-9(8)6-4-2-1-3-5-6;1-3-4-2/h1-5,9H,(H,7,8);3-4H2,1-2H3. The van der Waals surface area contributed by atoms with E-state index >= 15 is 0 Å². The summed E-state index contributed by atoms with van der Waals surface area (Å²) in [5.74, 6) is 0. The highest BCUT2D eigenvalue weighted by Crippen LogP contribution is 2.10. The molecule has 0 amide bonds. The lowest BCUT2D eigenvalue weighted by Gasteiger charge is -1.90. The molecule has 0 radical (unpaired) electrons. The topological polar surface area (TPSA) is 37.3 Å². The summed E-state index contributed by atoms with van der Waals surface area (Å²) in [6, 6.07) is 8.58. The molecule has 0 aliphatic heterocycles. The van der Waals surface area contributed by atoms with Crippen molar-refractivity contribution in [3.8, 4) is 0 Å². The SMILES string of the molecule is CCCC.O=[PH](O)c1ccccc1. The van der Waals surface area contributed by atoms with Crippen LogP contribution in [0.1, 0.15) is 26.7 Å². The molecule has 1 unspecified atom stereocenters. The molecule has 0 saturated carbocycles. The first-order valence-electron chi connectivity index (χ1n) is 4.50. The van der Waals surface area contributed by atoms with Gasteiger partial charge in [-0.05, 0) is 12.1 Å². The first-order valence-corrected chi connectivity index (χ1v) is 5.86. The van der Waals surface area contributed by atoms with Crippen LogP contribution in [0.25, 0.3) is 0 Å². The average molecular weight is 200 g/mol. The third kappa shape index (κ3) is 6.56. The fraction of sp³-hybridized carbons (Fsp3) is 0.400. The van der Waals surface area contributed by atoms with Crippen molar-refractivity contribution >= 4 is 13.3 Å².